The molecular weight excluding hydrogens is 530 g/mol. The fourth-order valence-corrected chi connectivity index (χ4v) is 6.06. The molecule has 3 aromatic rings. The normalized spacial score (nSPS) is 19.2. The van der Waals surface area contributed by atoms with E-state index in [0.717, 1.165) is 48.6 Å². The van der Waals surface area contributed by atoms with E-state index in [1.54, 1.807) is 4.90 Å². The molecule has 0 spiro atoms. The molecule has 2 aromatic carbocycles. The lowest BCUT2D eigenvalue weighted by atomic mass is 9.82. The molecule has 3 amide bonds. The Balaban J connectivity index is 1.28. The van der Waals surface area contributed by atoms with Crippen molar-refractivity contribution in [2.45, 2.75) is 77.5 Å². The summed E-state index contributed by atoms with van der Waals surface area (Å²) in [5, 5.41) is 8.12. The Hall–Kier alpha value is -4.01. The van der Waals surface area contributed by atoms with Crippen LogP contribution in [0.2, 0.25) is 0 Å². The summed E-state index contributed by atoms with van der Waals surface area (Å²) in [5.41, 5.74) is -0.392. The lowest BCUT2D eigenvalue weighted by Gasteiger charge is -2.36. The number of hydrogen-bond acceptors (Lipinski definition) is 6. The number of nitrogens with zero attached hydrogens (tertiary/aromatic N) is 3. The monoisotopic (exact) mass is 571 g/mol. The van der Waals surface area contributed by atoms with Gasteiger partial charge in [-0.3, -0.25) is 19.4 Å². The molecule has 2 aliphatic rings. The van der Waals surface area contributed by atoms with Crippen molar-refractivity contribution in [2.24, 2.45) is 11.3 Å². The van der Waals surface area contributed by atoms with Crippen molar-refractivity contribution in [3.8, 4) is 5.75 Å². The Morgan fingerprint density at radius 2 is 1.71 bits per heavy atom. The molecule has 1 saturated heterocycles. The van der Waals surface area contributed by atoms with Crippen LogP contribution in [0.5, 0.6) is 5.75 Å². The van der Waals surface area contributed by atoms with E-state index in [4.69, 9.17) is 4.74 Å². The van der Waals surface area contributed by atoms with Crippen LogP contribution in [0.4, 0.5) is 0 Å². The van der Waals surface area contributed by atoms with Gasteiger partial charge in [0.25, 0.3) is 5.91 Å². The van der Waals surface area contributed by atoms with E-state index >= 15 is 0 Å². The van der Waals surface area contributed by atoms with Gasteiger partial charge in [-0.05, 0) is 35.6 Å². The molecule has 1 unspecified atom stereocenters. The van der Waals surface area contributed by atoms with E-state index in [0.29, 0.717) is 19.5 Å². The third kappa shape index (κ3) is 6.89. The number of ether oxygens (including phenoxy) is 1. The summed E-state index contributed by atoms with van der Waals surface area (Å²) in [4.78, 5) is 50.7. The predicted octanol–water partition coefficient (Wildman–Crippen LogP) is 4.52. The first-order valence-corrected chi connectivity index (χ1v) is 15.0. The van der Waals surface area contributed by atoms with Gasteiger partial charge in [-0.25, -0.2) is 4.98 Å². The number of hydrogen-bond donors (Lipinski definition) is 2. The summed E-state index contributed by atoms with van der Waals surface area (Å²) in [5.74, 6) is -0.124. The summed E-state index contributed by atoms with van der Waals surface area (Å²) >= 11 is 0. The van der Waals surface area contributed by atoms with E-state index in [1.807, 2.05) is 51.1 Å². The number of fused-ring (bicyclic) bond motifs is 1. The van der Waals surface area contributed by atoms with Gasteiger partial charge in [-0.1, -0.05) is 76.4 Å². The standard InChI is InChI=1S/C33H41N5O4/c1-33(2,3)29(32(41)38-19-16-24(21-38)42-27-15-9-13-22-10-7-8-14-25(22)27)37-31(40)28(23-11-5-4-6-12-23)36-30(39)26-20-34-17-18-35-26/h7-10,13-15,17-18,20,23-24,28-29H,4-6,11-12,16,19,21H2,1-3H3,(H,36,39)(H,37,40)/t24-,28+,29?/m1/s1. The van der Waals surface area contributed by atoms with Crippen LogP contribution in [0.3, 0.4) is 0 Å². The van der Waals surface area contributed by atoms with Crippen molar-refractivity contribution >= 4 is 28.5 Å². The molecule has 1 aromatic heterocycles. The van der Waals surface area contributed by atoms with Crippen LogP contribution in [-0.4, -0.2) is 63.9 Å². The van der Waals surface area contributed by atoms with Crippen LogP contribution < -0.4 is 15.4 Å². The largest absolute Gasteiger partial charge is 0.488 e. The molecule has 2 N–H and O–H groups in total. The van der Waals surface area contributed by atoms with Crippen LogP contribution in [0.15, 0.2) is 61.1 Å². The lowest BCUT2D eigenvalue weighted by molar-refractivity contribution is -0.139. The van der Waals surface area contributed by atoms with Gasteiger partial charge in [0.05, 0.1) is 12.7 Å². The molecular formula is C33H41N5O4. The molecule has 0 radical (unpaired) electrons. The maximum atomic E-state index is 13.9. The van der Waals surface area contributed by atoms with Crippen LogP contribution >= 0.6 is 0 Å². The van der Waals surface area contributed by atoms with Gasteiger partial charge < -0.3 is 20.3 Å². The summed E-state index contributed by atoms with van der Waals surface area (Å²) in [6.07, 6.45) is 9.70. The number of rotatable bonds is 8. The van der Waals surface area contributed by atoms with Crippen molar-refractivity contribution in [1.82, 2.24) is 25.5 Å². The average Bonchev–Trinajstić information content (AvgIpc) is 3.47. The van der Waals surface area contributed by atoms with Gasteiger partial charge in [-0.2, -0.15) is 0 Å². The van der Waals surface area contributed by atoms with E-state index < -0.39 is 23.4 Å². The number of carbonyl (C=O) groups excluding carboxylic acids is 3. The van der Waals surface area contributed by atoms with Gasteiger partial charge in [0.2, 0.25) is 11.8 Å². The maximum Gasteiger partial charge on any atom is 0.272 e. The number of benzene rings is 2. The molecule has 5 rings (SSSR count). The highest BCUT2D eigenvalue weighted by atomic mass is 16.5. The first kappa shape index (κ1) is 29.5. The van der Waals surface area contributed by atoms with Gasteiger partial charge in [0.15, 0.2) is 0 Å². The second kappa shape index (κ2) is 12.9. The third-order valence-corrected chi connectivity index (χ3v) is 8.39. The Kier molecular flexibility index (Phi) is 9.04. The first-order chi connectivity index (χ1) is 20.2. The van der Waals surface area contributed by atoms with E-state index in [1.165, 1.54) is 18.6 Å². The Morgan fingerprint density at radius 1 is 0.952 bits per heavy atom. The number of amides is 3. The predicted molar refractivity (Wildman–Crippen MR) is 161 cm³/mol. The van der Waals surface area contributed by atoms with Crippen molar-refractivity contribution in [1.29, 1.82) is 0 Å². The quantitative estimate of drug-likeness (QED) is 0.411. The summed E-state index contributed by atoms with van der Waals surface area (Å²) in [6.45, 7) is 6.84. The zero-order valence-corrected chi connectivity index (χ0v) is 24.7. The molecule has 2 heterocycles. The third-order valence-electron chi connectivity index (χ3n) is 8.39. The molecule has 42 heavy (non-hydrogen) atoms. The van der Waals surface area contributed by atoms with Crippen molar-refractivity contribution in [3.05, 3.63) is 66.7 Å². The van der Waals surface area contributed by atoms with Crippen LogP contribution in [0.25, 0.3) is 10.8 Å². The minimum Gasteiger partial charge on any atom is -0.488 e. The molecule has 1 saturated carbocycles. The van der Waals surface area contributed by atoms with Gasteiger partial charge in [0, 0.05) is 30.7 Å². The van der Waals surface area contributed by atoms with Gasteiger partial charge in [0.1, 0.15) is 29.6 Å². The number of carbonyl (C=O) groups is 3. The highest BCUT2D eigenvalue weighted by Gasteiger charge is 2.41. The summed E-state index contributed by atoms with van der Waals surface area (Å²) in [7, 11) is 0. The summed E-state index contributed by atoms with van der Waals surface area (Å²) in [6, 6.07) is 12.6. The minimum absolute atomic E-state index is 0.0136. The van der Waals surface area contributed by atoms with Gasteiger partial charge in [-0.15, -0.1) is 0 Å². The topological polar surface area (TPSA) is 114 Å². The Morgan fingerprint density at radius 3 is 2.45 bits per heavy atom. The first-order valence-electron chi connectivity index (χ1n) is 15.0. The van der Waals surface area contributed by atoms with Crippen LogP contribution in [-0.2, 0) is 9.59 Å². The average molecular weight is 572 g/mol. The highest BCUT2D eigenvalue weighted by Crippen LogP contribution is 2.30. The zero-order chi connectivity index (χ0) is 29.7. The second-order valence-electron chi connectivity index (χ2n) is 12.5. The van der Waals surface area contributed by atoms with Gasteiger partial charge >= 0.3 is 0 Å². The van der Waals surface area contributed by atoms with Crippen LogP contribution in [0, 0.1) is 11.3 Å². The molecule has 222 valence electrons. The summed E-state index contributed by atoms with van der Waals surface area (Å²) < 4.78 is 6.38. The van der Waals surface area contributed by atoms with E-state index in [2.05, 4.69) is 32.7 Å². The molecule has 1 aliphatic heterocycles. The van der Waals surface area contributed by atoms with Crippen molar-refractivity contribution in [2.75, 3.05) is 13.1 Å². The minimum atomic E-state index is -0.765. The smallest absolute Gasteiger partial charge is 0.272 e. The van der Waals surface area contributed by atoms with Crippen LogP contribution in [0.1, 0.15) is 69.8 Å². The molecule has 1 aliphatic carbocycles. The maximum absolute atomic E-state index is 13.9. The van der Waals surface area contributed by atoms with Crippen molar-refractivity contribution in [3.63, 3.8) is 0 Å². The molecule has 2 fully saturated rings. The molecule has 9 heteroatoms. The SMILES string of the molecule is CC(C)(C)C(NC(=O)[C@@H](NC(=O)c1cnccn1)C1CCCCC1)C(=O)N1CC[C@@H](Oc2cccc3ccccc23)C1. The molecule has 3 atom stereocenters. The lowest BCUT2D eigenvalue weighted by Crippen LogP contribution is -2.60. The fraction of sp³-hybridized carbons (Fsp3) is 0.485. The van der Waals surface area contributed by atoms with Crippen molar-refractivity contribution < 1.29 is 19.1 Å². The highest BCUT2D eigenvalue weighted by molar-refractivity contribution is 5.97. The Labute approximate surface area is 247 Å². The number of nitrogens with one attached hydrogen (secondary N) is 2. The molecule has 0 bridgehead atoms. The Bertz CT molecular complexity index is 1400. The van der Waals surface area contributed by atoms with E-state index in [-0.39, 0.29) is 29.5 Å². The van der Waals surface area contributed by atoms with E-state index in [9.17, 15) is 14.4 Å². The zero-order valence-electron chi connectivity index (χ0n) is 24.7. The number of likely N-dealkylation sites (tertiary alicyclic amines) is 1. The number of aromatic nitrogens is 2. The fourth-order valence-electron chi connectivity index (χ4n) is 6.06. The molecule has 9 nitrogen and oxygen atoms in total. The second-order valence-corrected chi connectivity index (χ2v) is 12.5.